The molecule has 2 heterocycles. The summed E-state index contributed by atoms with van der Waals surface area (Å²) in [7, 11) is 0. The Morgan fingerprint density at radius 2 is 2.05 bits per heavy atom. The minimum Gasteiger partial charge on any atom is -0.478 e. The van der Waals surface area contributed by atoms with Gasteiger partial charge in [-0.15, -0.1) is 5.10 Å². The lowest BCUT2D eigenvalue weighted by molar-refractivity contribution is 0.0337. The van der Waals surface area contributed by atoms with Crippen LogP contribution in [0.1, 0.15) is 49.3 Å². The van der Waals surface area contributed by atoms with Crippen LogP contribution in [0.2, 0.25) is 0 Å². The van der Waals surface area contributed by atoms with Crippen LogP contribution in [0.15, 0.2) is 0 Å². The number of hydrogen-bond acceptors (Lipinski definition) is 5. The van der Waals surface area contributed by atoms with Crippen molar-refractivity contribution >= 4 is 11.8 Å². The third kappa shape index (κ3) is 3.00. The molecule has 1 aliphatic rings. The van der Waals surface area contributed by atoms with Crippen molar-refractivity contribution < 1.29 is 14.6 Å². The Morgan fingerprint density at radius 1 is 1.33 bits per heavy atom. The van der Waals surface area contributed by atoms with E-state index in [1.165, 1.54) is 0 Å². The van der Waals surface area contributed by atoms with E-state index in [0.717, 1.165) is 11.3 Å². The highest BCUT2D eigenvalue weighted by atomic mass is 16.5. The lowest BCUT2D eigenvalue weighted by atomic mass is 10.0. The first kappa shape index (κ1) is 15.7. The minimum absolute atomic E-state index is 0.0561. The number of nitrogens with zero attached hydrogens (tertiary/aromatic N) is 3. The van der Waals surface area contributed by atoms with E-state index in [2.05, 4.69) is 10.2 Å². The fraction of sp³-hybridized carbons (Fsp3) is 0.667. The molecule has 0 radical (unpaired) electrons. The summed E-state index contributed by atoms with van der Waals surface area (Å²) in [5, 5.41) is 18.1. The van der Waals surface area contributed by atoms with Gasteiger partial charge in [-0.2, -0.15) is 5.10 Å². The molecule has 1 saturated heterocycles. The van der Waals surface area contributed by atoms with Crippen LogP contribution < -0.4 is 4.90 Å². The molecule has 1 aromatic rings. The molecule has 0 aromatic carbocycles. The monoisotopic (exact) mass is 293 g/mol. The summed E-state index contributed by atoms with van der Waals surface area (Å²) >= 11 is 0. The first-order valence-electron chi connectivity index (χ1n) is 7.49. The minimum atomic E-state index is -0.933. The van der Waals surface area contributed by atoms with Gasteiger partial charge in [0.1, 0.15) is 5.56 Å². The molecule has 1 N–H and O–H groups in total. The van der Waals surface area contributed by atoms with Crippen LogP contribution in [-0.2, 0) is 17.6 Å². The third-order valence-corrected chi connectivity index (χ3v) is 3.92. The van der Waals surface area contributed by atoms with E-state index in [0.29, 0.717) is 37.4 Å². The van der Waals surface area contributed by atoms with Crippen LogP contribution in [0.3, 0.4) is 0 Å². The number of aromatic nitrogens is 2. The van der Waals surface area contributed by atoms with Gasteiger partial charge in [0, 0.05) is 6.54 Å². The fourth-order valence-corrected chi connectivity index (χ4v) is 2.79. The van der Waals surface area contributed by atoms with E-state index in [4.69, 9.17) is 4.74 Å². The molecule has 21 heavy (non-hydrogen) atoms. The zero-order chi connectivity index (χ0) is 15.6. The lowest BCUT2D eigenvalue weighted by Crippen LogP contribution is -2.48. The molecule has 0 spiro atoms. The quantitative estimate of drug-likeness (QED) is 0.914. The lowest BCUT2D eigenvalue weighted by Gasteiger charge is -2.38. The Labute approximate surface area is 125 Å². The van der Waals surface area contributed by atoms with E-state index in [-0.39, 0.29) is 12.1 Å². The molecule has 2 atom stereocenters. The summed E-state index contributed by atoms with van der Waals surface area (Å²) < 4.78 is 5.61. The number of rotatable bonds is 4. The van der Waals surface area contributed by atoms with Gasteiger partial charge in [0.25, 0.3) is 0 Å². The van der Waals surface area contributed by atoms with Gasteiger partial charge in [0.15, 0.2) is 5.82 Å². The van der Waals surface area contributed by atoms with E-state index in [1.807, 2.05) is 32.6 Å². The highest BCUT2D eigenvalue weighted by Gasteiger charge is 2.30. The number of ether oxygens (including phenoxy) is 1. The number of aryl methyl sites for hydroxylation is 1. The number of morpholine rings is 1. The van der Waals surface area contributed by atoms with Gasteiger partial charge >= 0.3 is 5.97 Å². The molecule has 1 aliphatic heterocycles. The number of aromatic carboxylic acids is 1. The summed E-state index contributed by atoms with van der Waals surface area (Å²) in [4.78, 5) is 13.8. The summed E-state index contributed by atoms with van der Waals surface area (Å²) in [6.45, 7) is 9.11. The second-order valence-electron chi connectivity index (χ2n) is 5.48. The predicted molar refractivity (Wildman–Crippen MR) is 80.0 cm³/mol. The van der Waals surface area contributed by atoms with Gasteiger partial charge in [0.05, 0.1) is 24.4 Å². The van der Waals surface area contributed by atoms with Crippen molar-refractivity contribution in [2.45, 2.75) is 52.7 Å². The number of carbonyl (C=O) groups is 1. The summed E-state index contributed by atoms with van der Waals surface area (Å²) in [6, 6.07) is 0.0887. The van der Waals surface area contributed by atoms with Crippen molar-refractivity contribution in [2.75, 3.05) is 18.1 Å². The molecule has 0 bridgehead atoms. The van der Waals surface area contributed by atoms with E-state index in [1.54, 1.807) is 0 Å². The van der Waals surface area contributed by atoms with Gasteiger partial charge < -0.3 is 14.7 Å². The Kier molecular flexibility index (Phi) is 4.77. The van der Waals surface area contributed by atoms with Crippen LogP contribution in [0.5, 0.6) is 0 Å². The van der Waals surface area contributed by atoms with E-state index < -0.39 is 5.97 Å². The predicted octanol–water partition coefficient (Wildman–Crippen LogP) is 1.91. The van der Waals surface area contributed by atoms with Gasteiger partial charge in [0.2, 0.25) is 0 Å². The smallest absolute Gasteiger partial charge is 0.339 e. The molecule has 2 rings (SSSR count). The first-order chi connectivity index (χ1) is 9.99. The molecule has 2 unspecified atom stereocenters. The Morgan fingerprint density at radius 3 is 2.62 bits per heavy atom. The molecule has 6 nitrogen and oxygen atoms in total. The molecule has 0 amide bonds. The Hall–Kier alpha value is -1.69. The molecule has 0 saturated carbocycles. The van der Waals surface area contributed by atoms with Gasteiger partial charge in [-0.05, 0) is 32.3 Å². The van der Waals surface area contributed by atoms with Crippen molar-refractivity contribution in [3.63, 3.8) is 0 Å². The van der Waals surface area contributed by atoms with Crippen LogP contribution in [-0.4, -0.2) is 46.6 Å². The largest absolute Gasteiger partial charge is 0.478 e. The summed E-state index contributed by atoms with van der Waals surface area (Å²) in [5.74, 6) is -0.461. The number of carboxylic acid groups (broad SMARTS) is 1. The first-order valence-corrected chi connectivity index (χ1v) is 7.49. The highest BCUT2D eigenvalue weighted by Crippen LogP contribution is 2.27. The number of hydrogen-bond donors (Lipinski definition) is 1. The second kappa shape index (κ2) is 6.39. The Balaban J connectivity index is 2.54. The van der Waals surface area contributed by atoms with Crippen LogP contribution >= 0.6 is 0 Å². The topological polar surface area (TPSA) is 75.5 Å². The highest BCUT2D eigenvalue weighted by molar-refractivity contribution is 5.95. The van der Waals surface area contributed by atoms with Crippen molar-refractivity contribution in [3.05, 3.63) is 16.8 Å². The number of anilines is 1. The van der Waals surface area contributed by atoms with Crippen molar-refractivity contribution in [1.29, 1.82) is 0 Å². The molecule has 1 aromatic heterocycles. The van der Waals surface area contributed by atoms with E-state index >= 15 is 0 Å². The molecular weight excluding hydrogens is 270 g/mol. The standard InChI is InChI=1S/C15H23N3O3/c1-5-11-12(6-2)16-17-14(13(11)15(19)20)18-7-10(4)21-8-9(18)3/h9-10H,5-8H2,1-4H3,(H,19,20). The maximum absolute atomic E-state index is 11.8. The zero-order valence-corrected chi connectivity index (χ0v) is 13.1. The summed E-state index contributed by atoms with van der Waals surface area (Å²) in [6.07, 6.45) is 1.38. The van der Waals surface area contributed by atoms with Crippen LogP contribution in [0, 0.1) is 0 Å². The molecule has 0 aliphatic carbocycles. The van der Waals surface area contributed by atoms with Gasteiger partial charge in [-0.1, -0.05) is 13.8 Å². The number of carboxylic acids is 1. The Bertz CT molecular complexity index is 533. The van der Waals surface area contributed by atoms with Gasteiger partial charge in [-0.3, -0.25) is 0 Å². The molecule has 1 fully saturated rings. The van der Waals surface area contributed by atoms with Crippen molar-refractivity contribution in [3.8, 4) is 0 Å². The average molecular weight is 293 g/mol. The zero-order valence-electron chi connectivity index (χ0n) is 13.1. The summed E-state index contributed by atoms with van der Waals surface area (Å²) in [5.41, 5.74) is 1.86. The molecule has 116 valence electrons. The normalized spacial score (nSPS) is 22.4. The van der Waals surface area contributed by atoms with Crippen LogP contribution in [0.25, 0.3) is 0 Å². The average Bonchev–Trinajstić information content (AvgIpc) is 2.47. The molecule has 6 heteroatoms. The maximum atomic E-state index is 11.8. The van der Waals surface area contributed by atoms with Crippen molar-refractivity contribution in [1.82, 2.24) is 10.2 Å². The SMILES string of the molecule is CCc1nnc(N2CC(C)OCC2C)c(C(=O)O)c1CC. The molecular formula is C15H23N3O3. The third-order valence-electron chi connectivity index (χ3n) is 3.92. The second-order valence-corrected chi connectivity index (χ2v) is 5.48. The maximum Gasteiger partial charge on any atom is 0.339 e. The van der Waals surface area contributed by atoms with Gasteiger partial charge in [-0.25, -0.2) is 4.79 Å². The van der Waals surface area contributed by atoms with Crippen molar-refractivity contribution in [2.24, 2.45) is 0 Å². The fourth-order valence-electron chi connectivity index (χ4n) is 2.79. The van der Waals surface area contributed by atoms with Crippen LogP contribution in [0.4, 0.5) is 5.82 Å². The van der Waals surface area contributed by atoms with E-state index in [9.17, 15) is 9.90 Å².